The van der Waals surface area contributed by atoms with Gasteiger partial charge in [-0.2, -0.15) is 5.10 Å². The minimum Gasteiger partial charge on any atom is -0.366 e. The second-order valence-electron chi connectivity index (χ2n) is 6.44. The zero-order valence-corrected chi connectivity index (χ0v) is 15.2. The molecule has 8 heteroatoms. The van der Waals surface area contributed by atoms with Crippen molar-refractivity contribution in [2.24, 2.45) is 0 Å². The first-order valence-electron chi connectivity index (χ1n) is 8.27. The second kappa shape index (κ2) is 7.33. The van der Waals surface area contributed by atoms with E-state index < -0.39 is 0 Å². The fourth-order valence-electron chi connectivity index (χ4n) is 3.10. The standard InChI is InChI=1S/C17H21N7.ClH/c1-11-14-7-12(8-19-17(14)23-22-11)15-9-18-10-16(21-15)20-13-3-5-24(2)6-4-13;/h7-10,13H,3-6H2,1-2H3,(H,20,21)(H,19,22,23);1H. The number of halogens is 1. The number of aromatic amines is 1. The average molecular weight is 360 g/mol. The molecule has 4 heterocycles. The summed E-state index contributed by atoms with van der Waals surface area (Å²) in [6, 6.07) is 2.52. The van der Waals surface area contributed by atoms with Crippen molar-refractivity contribution in [2.45, 2.75) is 25.8 Å². The molecule has 7 nitrogen and oxygen atoms in total. The van der Waals surface area contributed by atoms with Gasteiger partial charge in [0.1, 0.15) is 5.82 Å². The highest BCUT2D eigenvalue weighted by atomic mass is 35.5. The lowest BCUT2D eigenvalue weighted by Gasteiger charge is -2.29. The van der Waals surface area contributed by atoms with Crippen molar-refractivity contribution < 1.29 is 0 Å². The van der Waals surface area contributed by atoms with Gasteiger partial charge in [0.2, 0.25) is 0 Å². The van der Waals surface area contributed by atoms with Crippen molar-refractivity contribution in [3.05, 3.63) is 30.4 Å². The van der Waals surface area contributed by atoms with Crippen LogP contribution in [0.4, 0.5) is 5.82 Å². The molecule has 0 radical (unpaired) electrons. The number of nitrogens with zero attached hydrogens (tertiary/aromatic N) is 5. The highest BCUT2D eigenvalue weighted by Crippen LogP contribution is 2.23. The fourth-order valence-corrected chi connectivity index (χ4v) is 3.10. The summed E-state index contributed by atoms with van der Waals surface area (Å²) >= 11 is 0. The molecule has 132 valence electrons. The normalized spacial score (nSPS) is 15.9. The molecule has 2 N–H and O–H groups in total. The van der Waals surface area contributed by atoms with E-state index >= 15 is 0 Å². The molecule has 3 aromatic heterocycles. The van der Waals surface area contributed by atoms with Crippen LogP contribution in [0.25, 0.3) is 22.3 Å². The number of hydrogen-bond donors (Lipinski definition) is 2. The quantitative estimate of drug-likeness (QED) is 0.748. The largest absolute Gasteiger partial charge is 0.366 e. The number of pyridine rings is 1. The number of rotatable bonds is 3. The molecular formula is C17H22ClN7. The third-order valence-corrected chi connectivity index (χ3v) is 4.61. The SMILES string of the molecule is Cc1n[nH]c2ncc(-c3cncc(NC4CCN(C)CC4)n3)cc12.Cl. The molecule has 0 atom stereocenters. The van der Waals surface area contributed by atoms with Gasteiger partial charge < -0.3 is 10.2 Å². The molecule has 4 rings (SSSR count). The average Bonchev–Trinajstić information content (AvgIpc) is 2.98. The van der Waals surface area contributed by atoms with Gasteiger partial charge in [-0.3, -0.25) is 10.1 Å². The monoisotopic (exact) mass is 359 g/mol. The lowest BCUT2D eigenvalue weighted by molar-refractivity contribution is 0.263. The predicted octanol–water partition coefficient (Wildman–Crippen LogP) is 2.65. The smallest absolute Gasteiger partial charge is 0.155 e. The molecule has 0 aromatic carbocycles. The third-order valence-electron chi connectivity index (χ3n) is 4.61. The maximum absolute atomic E-state index is 4.72. The minimum atomic E-state index is 0. The van der Waals surface area contributed by atoms with E-state index in [1.807, 2.05) is 13.1 Å². The van der Waals surface area contributed by atoms with E-state index in [1.54, 1.807) is 12.4 Å². The first-order valence-corrected chi connectivity index (χ1v) is 8.27. The highest BCUT2D eigenvalue weighted by molar-refractivity contribution is 5.85. The van der Waals surface area contributed by atoms with Crippen molar-refractivity contribution in [1.82, 2.24) is 30.0 Å². The lowest BCUT2D eigenvalue weighted by atomic mass is 10.1. The number of aryl methyl sites for hydroxylation is 1. The number of H-pyrrole nitrogens is 1. The van der Waals surface area contributed by atoms with Gasteiger partial charge in [-0.15, -0.1) is 12.4 Å². The van der Waals surface area contributed by atoms with E-state index in [2.05, 4.69) is 43.5 Å². The van der Waals surface area contributed by atoms with Crippen LogP contribution in [-0.4, -0.2) is 56.2 Å². The summed E-state index contributed by atoms with van der Waals surface area (Å²) in [5.41, 5.74) is 3.51. The summed E-state index contributed by atoms with van der Waals surface area (Å²) in [4.78, 5) is 15.8. The van der Waals surface area contributed by atoms with Crippen LogP contribution in [-0.2, 0) is 0 Å². The van der Waals surface area contributed by atoms with Crippen LogP contribution < -0.4 is 5.32 Å². The summed E-state index contributed by atoms with van der Waals surface area (Å²) in [5, 5.41) is 11.6. The van der Waals surface area contributed by atoms with Gasteiger partial charge in [0, 0.05) is 23.2 Å². The van der Waals surface area contributed by atoms with Crippen LogP contribution in [0.5, 0.6) is 0 Å². The van der Waals surface area contributed by atoms with Gasteiger partial charge in [-0.25, -0.2) is 9.97 Å². The minimum absolute atomic E-state index is 0. The Balaban J connectivity index is 0.00000182. The van der Waals surface area contributed by atoms with Gasteiger partial charge >= 0.3 is 0 Å². The Kier molecular flexibility index (Phi) is 5.15. The van der Waals surface area contributed by atoms with E-state index in [4.69, 9.17) is 4.98 Å². The molecular weight excluding hydrogens is 338 g/mol. The number of nitrogens with one attached hydrogen (secondary N) is 2. The second-order valence-corrected chi connectivity index (χ2v) is 6.44. The predicted molar refractivity (Wildman–Crippen MR) is 101 cm³/mol. The summed E-state index contributed by atoms with van der Waals surface area (Å²) < 4.78 is 0. The van der Waals surface area contributed by atoms with Crippen LogP contribution in [0.3, 0.4) is 0 Å². The number of anilines is 1. The van der Waals surface area contributed by atoms with E-state index in [0.717, 1.165) is 59.7 Å². The van der Waals surface area contributed by atoms with Crippen LogP contribution in [0.15, 0.2) is 24.7 Å². The molecule has 3 aromatic rings. The maximum atomic E-state index is 4.72. The van der Waals surface area contributed by atoms with Crippen LogP contribution in [0.2, 0.25) is 0 Å². The summed E-state index contributed by atoms with van der Waals surface area (Å²) in [6.45, 7) is 4.20. The molecule has 1 saturated heterocycles. The Bertz CT molecular complexity index is 855. The van der Waals surface area contributed by atoms with Crippen molar-refractivity contribution in [3.8, 4) is 11.3 Å². The molecule has 25 heavy (non-hydrogen) atoms. The van der Waals surface area contributed by atoms with E-state index in [9.17, 15) is 0 Å². The lowest BCUT2D eigenvalue weighted by Crippen LogP contribution is -2.36. The zero-order valence-electron chi connectivity index (χ0n) is 14.4. The maximum Gasteiger partial charge on any atom is 0.155 e. The Morgan fingerprint density at radius 2 is 2.00 bits per heavy atom. The summed E-state index contributed by atoms with van der Waals surface area (Å²) in [7, 11) is 2.16. The molecule has 0 spiro atoms. The van der Waals surface area contributed by atoms with Gasteiger partial charge in [0.15, 0.2) is 5.65 Å². The molecule has 1 fully saturated rings. The van der Waals surface area contributed by atoms with E-state index in [1.165, 1.54) is 0 Å². The summed E-state index contributed by atoms with van der Waals surface area (Å²) in [6.07, 6.45) is 7.63. The molecule has 0 saturated carbocycles. The first-order chi connectivity index (χ1) is 11.7. The topological polar surface area (TPSA) is 82.6 Å². The van der Waals surface area contributed by atoms with Gasteiger partial charge in [-0.1, -0.05) is 0 Å². The molecule has 1 aliphatic rings. The number of piperidine rings is 1. The van der Waals surface area contributed by atoms with Crippen molar-refractivity contribution in [1.29, 1.82) is 0 Å². The Hall–Kier alpha value is -2.25. The first kappa shape index (κ1) is 17.6. The Labute approximate surface area is 152 Å². The third kappa shape index (κ3) is 3.72. The van der Waals surface area contributed by atoms with E-state index in [-0.39, 0.29) is 12.4 Å². The molecule has 0 unspecified atom stereocenters. The zero-order chi connectivity index (χ0) is 16.5. The van der Waals surface area contributed by atoms with Crippen molar-refractivity contribution in [3.63, 3.8) is 0 Å². The van der Waals surface area contributed by atoms with Crippen molar-refractivity contribution in [2.75, 3.05) is 25.5 Å². The summed E-state index contributed by atoms with van der Waals surface area (Å²) in [5.74, 6) is 0.825. The number of fused-ring (bicyclic) bond motifs is 1. The highest BCUT2D eigenvalue weighted by Gasteiger charge is 2.17. The number of hydrogen-bond acceptors (Lipinski definition) is 6. The van der Waals surface area contributed by atoms with Gasteiger partial charge in [0.05, 0.1) is 23.8 Å². The van der Waals surface area contributed by atoms with Crippen molar-refractivity contribution >= 4 is 29.3 Å². The Morgan fingerprint density at radius 1 is 1.20 bits per heavy atom. The van der Waals surface area contributed by atoms with Crippen LogP contribution in [0.1, 0.15) is 18.5 Å². The molecule has 0 amide bonds. The van der Waals surface area contributed by atoms with Crippen LogP contribution >= 0.6 is 12.4 Å². The van der Waals surface area contributed by atoms with Crippen LogP contribution in [0, 0.1) is 6.92 Å². The van der Waals surface area contributed by atoms with Gasteiger partial charge in [0.25, 0.3) is 0 Å². The fraction of sp³-hybridized carbons (Fsp3) is 0.412. The number of likely N-dealkylation sites (tertiary alicyclic amines) is 1. The van der Waals surface area contributed by atoms with Gasteiger partial charge in [-0.05, 0) is 46.0 Å². The van der Waals surface area contributed by atoms with E-state index in [0.29, 0.717) is 6.04 Å². The Morgan fingerprint density at radius 3 is 2.80 bits per heavy atom. The number of aromatic nitrogens is 5. The molecule has 0 bridgehead atoms. The molecule has 0 aliphatic carbocycles. The molecule has 1 aliphatic heterocycles.